The van der Waals surface area contributed by atoms with Crippen molar-refractivity contribution >= 4 is 21.6 Å². The first-order valence-electron chi connectivity index (χ1n) is 3.00. The standard InChI is InChI=1S/C4H4N6S2/c1-5-3(9-7-1)11-12-4-6-2-8-10-4/h1-2H,(H,5,7,9)(H,6,8,10). The Balaban J connectivity index is 1.91. The highest BCUT2D eigenvalue weighted by Crippen LogP contribution is 2.31. The van der Waals surface area contributed by atoms with Crippen LogP contribution in [-0.2, 0) is 0 Å². The summed E-state index contributed by atoms with van der Waals surface area (Å²) in [4.78, 5) is 7.86. The predicted octanol–water partition coefficient (Wildman–Crippen LogP) is 0.722. The zero-order valence-electron chi connectivity index (χ0n) is 5.76. The van der Waals surface area contributed by atoms with Crippen LogP contribution in [0, 0.1) is 0 Å². The van der Waals surface area contributed by atoms with E-state index in [-0.39, 0.29) is 0 Å². The first-order chi connectivity index (χ1) is 5.95. The Morgan fingerprint density at radius 1 is 0.917 bits per heavy atom. The highest BCUT2D eigenvalue weighted by Gasteiger charge is 2.00. The minimum Gasteiger partial charge on any atom is -0.254 e. The van der Waals surface area contributed by atoms with Crippen LogP contribution >= 0.6 is 21.6 Å². The molecule has 2 aromatic rings. The van der Waals surface area contributed by atoms with Gasteiger partial charge >= 0.3 is 0 Å². The summed E-state index contributed by atoms with van der Waals surface area (Å²) in [6, 6.07) is 0. The van der Waals surface area contributed by atoms with Crippen molar-refractivity contribution in [3.05, 3.63) is 12.7 Å². The Morgan fingerprint density at radius 3 is 1.75 bits per heavy atom. The molecule has 0 aliphatic heterocycles. The van der Waals surface area contributed by atoms with E-state index < -0.39 is 0 Å². The van der Waals surface area contributed by atoms with Gasteiger partial charge in [0.15, 0.2) is 10.3 Å². The zero-order chi connectivity index (χ0) is 8.23. The molecule has 12 heavy (non-hydrogen) atoms. The quantitative estimate of drug-likeness (QED) is 0.710. The summed E-state index contributed by atoms with van der Waals surface area (Å²) >= 11 is 0. The maximum Gasteiger partial charge on any atom is 0.194 e. The fourth-order valence-corrected chi connectivity index (χ4v) is 2.02. The van der Waals surface area contributed by atoms with Gasteiger partial charge in [-0.1, -0.05) is 0 Å². The van der Waals surface area contributed by atoms with Crippen molar-refractivity contribution < 1.29 is 0 Å². The molecule has 0 aliphatic carbocycles. The van der Waals surface area contributed by atoms with Gasteiger partial charge in [0.05, 0.1) is 0 Å². The summed E-state index contributed by atoms with van der Waals surface area (Å²) in [6.07, 6.45) is 2.92. The normalized spacial score (nSPS) is 10.3. The number of nitrogens with one attached hydrogen (secondary N) is 2. The van der Waals surface area contributed by atoms with Gasteiger partial charge in [0.2, 0.25) is 0 Å². The molecule has 6 nitrogen and oxygen atoms in total. The largest absolute Gasteiger partial charge is 0.254 e. The van der Waals surface area contributed by atoms with E-state index in [9.17, 15) is 0 Å². The van der Waals surface area contributed by atoms with Crippen LogP contribution in [0.15, 0.2) is 23.0 Å². The van der Waals surface area contributed by atoms with Crippen molar-refractivity contribution in [2.75, 3.05) is 0 Å². The molecule has 0 aromatic carbocycles. The molecule has 0 amide bonds. The van der Waals surface area contributed by atoms with Gasteiger partial charge in [0, 0.05) is 0 Å². The molecule has 2 aromatic heterocycles. The fraction of sp³-hybridized carbons (Fsp3) is 0. The highest BCUT2D eigenvalue weighted by molar-refractivity contribution is 8.76. The Bertz CT molecular complexity index is 281. The Kier molecular flexibility index (Phi) is 2.28. The van der Waals surface area contributed by atoms with Gasteiger partial charge < -0.3 is 0 Å². The third-order valence-electron chi connectivity index (χ3n) is 0.985. The molecule has 8 heteroatoms. The van der Waals surface area contributed by atoms with Crippen LogP contribution in [0.1, 0.15) is 0 Å². The lowest BCUT2D eigenvalue weighted by molar-refractivity contribution is 0.973. The van der Waals surface area contributed by atoms with Gasteiger partial charge in [-0.05, 0) is 21.6 Å². The van der Waals surface area contributed by atoms with E-state index in [1.807, 2.05) is 0 Å². The number of hydrogen-bond acceptors (Lipinski definition) is 6. The number of rotatable bonds is 3. The van der Waals surface area contributed by atoms with Crippen LogP contribution < -0.4 is 0 Å². The second kappa shape index (κ2) is 3.59. The summed E-state index contributed by atoms with van der Waals surface area (Å²) in [7, 11) is 2.88. The smallest absolute Gasteiger partial charge is 0.194 e. The van der Waals surface area contributed by atoms with Gasteiger partial charge in [-0.15, -0.1) is 0 Å². The average Bonchev–Trinajstić information content (AvgIpc) is 2.74. The van der Waals surface area contributed by atoms with Gasteiger partial charge in [-0.3, -0.25) is 10.2 Å². The molecular weight excluding hydrogens is 196 g/mol. The summed E-state index contributed by atoms with van der Waals surface area (Å²) in [5.74, 6) is 0. The molecule has 0 atom stereocenters. The molecule has 62 valence electrons. The van der Waals surface area contributed by atoms with Crippen molar-refractivity contribution in [1.82, 2.24) is 30.4 Å². The fourth-order valence-electron chi connectivity index (χ4n) is 0.548. The summed E-state index contributed by atoms with van der Waals surface area (Å²) in [6.45, 7) is 0. The van der Waals surface area contributed by atoms with Gasteiger partial charge in [0.1, 0.15) is 12.7 Å². The molecule has 2 N–H and O–H groups in total. The molecule has 0 saturated heterocycles. The summed E-state index contributed by atoms with van der Waals surface area (Å²) < 4.78 is 0. The molecule has 2 heterocycles. The van der Waals surface area contributed by atoms with E-state index in [1.165, 1.54) is 34.2 Å². The maximum atomic E-state index is 3.93. The number of H-pyrrole nitrogens is 2. The Hall–Kier alpha value is -1.02. The third kappa shape index (κ3) is 1.77. The van der Waals surface area contributed by atoms with Crippen LogP contribution in [0.25, 0.3) is 0 Å². The second-order valence-electron chi connectivity index (χ2n) is 1.75. The highest BCUT2D eigenvalue weighted by atomic mass is 33.1. The topological polar surface area (TPSA) is 83.1 Å². The molecule has 0 spiro atoms. The molecule has 0 bridgehead atoms. The Morgan fingerprint density at radius 2 is 1.42 bits per heavy atom. The van der Waals surface area contributed by atoms with E-state index in [4.69, 9.17) is 0 Å². The first kappa shape index (κ1) is 7.62. The number of hydrogen-bond donors (Lipinski definition) is 2. The van der Waals surface area contributed by atoms with Crippen molar-refractivity contribution in [3.8, 4) is 0 Å². The molecule has 2 rings (SSSR count). The van der Waals surface area contributed by atoms with Crippen molar-refractivity contribution in [3.63, 3.8) is 0 Å². The van der Waals surface area contributed by atoms with Crippen LogP contribution in [0.2, 0.25) is 0 Å². The van der Waals surface area contributed by atoms with Crippen LogP contribution in [0.3, 0.4) is 0 Å². The molecule has 0 unspecified atom stereocenters. The lowest BCUT2D eigenvalue weighted by Crippen LogP contribution is -1.73. The van der Waals surface area contributed by atoms with Crippen LogP contribution in [0.4, 0.5) is 0 Å². The van der Waals surface area contributed by atoms with Crippen LogP contribution in [-0.4, -0.2) is 30.4 Å². The van der Waals surface area contributed by atoms with Gasteiger partial charge in [0.25, 0.3) is 0 Å². The first-order valence-corrected chi connectivity index (χ1v) is 5.15. The van der Waals surface area contributed by atoms with E-state index in [1.54, 1.807) is 0 Å². The second-order valence-corrected chi connectivity index (χ2v) is 3.85. The van der Waals surface area contributed by atoms with Crippen molar-refractivity contribution in [2.45, 2.75) is 10.3 Å². The minimum absolute atomic E-state index is 0.747. The molecule has 0 radical (unpaired) electrons. The minimum atomic E-state index is 0.747. The van der Waals surface area contributed by atoms with Gasteiger partial charge in [-0.2, -0.15) is 10.2 Å². The average molecular weight is 200 g/mol. The van der Waals surface area contributed by atoms with Gasteiger partial charge in [-0.25, -0.2) is 9.97 Å². The van der Waals surface area contributed by atoms with Crippen LogP contribution in [0.5, 0.6) is 0 Å². The zero-order valence-corrected chi connectivity index (χ0v) is 7.39. The Labute approximate surface area is 75.4 Å². The van der Waals surface area contributed by atoms with Crippen molar-refractivity contribution in [1.29, 1.82) is 0 Å². The lowest BCUT2D eigenvalue weighted by Gasteiger charge is -1.89. The molecule has 0 aliphatic rings. The molecular formula is C4H4N6S2. The summed E-state index contributed by atoms with van der Waals surface area (Å²) in [5, 5.41) is 14.3. The SMILES string of the molecule is c1n[nH]c(SSc2ncn[nH]2)n1. The van der Waals surface area contributed by atoms with E-state index >= 15 is 0 Å². The maximum absolute atomic E-state index is 3.93. The third-order valence-corrected chi connectivity index (χ3v) is 2.98. The van der Waals surface area contributed by atoms with E-state index in [2.05, 4.69) is 30.4 Å². The van der Waals surface area contributed by atoms with E-state index in [0.717, 1.165) is 10.3 Å². The summed E-state index contributed by atoms with van der Waals surface area (Å²) in [5.41, 5.74) is 0. The number of aromatic nitrogens is 6. The molecule has 0 saturated carbocycles. The van der Waals surface area contributed by atoms with E-state index in [0.29, 0.717) is 0 Å². The molecule has 0 fully saturated rings. The monoisotopic (exact) mass is 200 g/mol. The van der Waals surface area contributed by atoms with Crippen molar-refractivity contribution in [2.24, 2.45) is 0 Å². The predicted molar refractivity (Wildman–Crippen MR) is 44.5 cm³/mol. The number of aromatic amines is 2. The lowest BCUT2D eigenvalue weighted by atomic mass is 11.3. The number of nitrogens with zero attached hydrogens (tertiary/aromatic N) is 4.